The molecule has 2 aromatic rings. The fourth-order valence-electron chi connectivity index (χ4n) is 1.66. The van der Waals surface area contributed by atoms with E-state index >= 15 is 0 Å². The summed E-state index contributed by atoms with van der Waals surface area (Å²) < 4.78 is 2.82. The first-order valence-corrected chi connectivity index (χ1v) is 7.12. The van der Waals surface area contributed by atoms with E-state index in [1.54, 1.807) is 17.8 Å². The maximum absolute atomic E-state index is 9.22. The van der Waals surface area contributed by atoms with Crippen LogP contribution >= 0.6 is 15.9 Å². The molecule has 1 aromatic carbocycles. The van der Waals surface area contributed by atoms with E-state index in [2.05, 4.69) is 26.3 Å². The third-order valence-electron chi connectivity index (χ3n) is 3.14. The zero-order chi connectivity index (χ0) is 14.6. The highest BCUT2D eigenvalue weighted by molar-refractivity contribution is 9.10. The van der Waals surface area contributed by atoms with E-state index in [4.69, 9.17) is 0 Å². The first-order valence-electron chi connectivity index (χ1n) is 6.32. The van der Waals surface area contributed by atoms with Crippen molar-refractivity contribution < 1.29 is 10.2 Å². The Morgan fingerprint density at radius 2 is 1.90 bits per heavy atom. The number of benzene rings is 1. The lowest BCUT2D eigenvalue weighted by molar-refractivity contribution is 0.103. The van der Waals surface area contributed by atoms with Crippen LogP contribution in [0.2, 0.25) is 0 Å². The zero-order valence-electron chi connectivity index (χ0n) is 11.3. The number of aliphatic hydroxyl groups is 2. The molecule has 2 rings (SSSR count). The van der Waals surface area contributed by atoms with Gasteiger partial charge in [0.25, 0.3) is 0 Å². The largest absolute Gasteiger partial charge is 0.394 e. The minimum Gasteiger partial charge on any atom is -0.394 e. The Hall–Kier alpha value is -1.21. The van der Waals surface area contributed by atoms with Crippen LogP contribution in [0.25, 0.3) is 5.69 Å². The van der Waals surface area contributed by atoms with Gasteiger partial charge < -0.3 is 15.5 Å². The molecule has 6 heteroatoms. The molecule has 3 N–H and O–H groups in total. The summed E-state index contributed by atoms with van der Waals surface area (Å²) in [5, 5.41) is 25.9. The average molecular weight is 340 g/mol. The predicted octanol–water partition coefficient (Wildman–Crippen LogP) is 1.47. The summed E-state index contributed by atoms with van der Waals surface area (Å²) in [5.41, 5.74) is 1.28. The SMILES string of the molecule is CC(CO)(CO)NCc1cnn(-c2ccc(Br)cc2)c1. The van der Waals surface area contributed by atoms with E-state index in [-0.39, 0.29) is 13.2 Å². The van der Waals surface area contributed by atoms with Crippen molar-refractivity contribution >= 4 is 15.9 Å². The summed E-state index contributed by atoms with van der Waals surface area (Å²) in [5.74, 6) is 0. The first kappa shape index (κ1) is 15.2. The van der Waals surface area contributed by atoms with Gasteiger partial charge in [0.05, 0.1) is 30.6 Å². The Morgan fingerprint density at radius 1 is 1.25 bits per heavy atom. The lowest BCUT2D eigenvalue weighted by atomic mass is 10.1. The third kappa shape index (κ3) is 3.67. The summed E-state index contributed by atoms with van der Waals surface area (Å²) in [6.07, 6.45) is 3.69. The topological polar surface area (TPSA) is 70.3 Å². The van der Waals surface area contributed by atoms with Crippen molar-refractivity contribution in [3.63, 3.8) is 0 Å². The fourth-order valence-corrected chi connectivity index (χ4v) is 1.93. The van der Waals surface area contributed by atoms with Crippen LogP contribution in [0.5, 0.6) is 0 Å². The van der Waals surface area contributed by atoms with Crippen LogP contribution in [-0.2, 0) is 6.54 Å². The summed E-state index contributed by atoms with van der Waals surface area (Å²) in [6.45, 7) is 2.06. The van der Waals surface area contributed by atoms with Crippen LogP contribution in [0.15, 0.2) is 41.1 Å². The molecule has 1 heterocycles. The molecule has 0 unspecified atom stereocenters. The van der Waals surface area contributed by atoms with Crippen molar-refractivity contribution in [2.24, 2.45) is 0 Å². The molecule has 0 saturated carbocycles. The second kappa shape index (κ2) is 6.49. The van der Waals surface area contributed by atoms with Gasteiger partial charge in [-0.3, -0.25) is 0 Å². The molecule has 0 fully saturated rings. The number of nitrogens with zero attached hydrogens (tertiary/aromatic N) is 2. The van der Waals surface area contributed by atoms with Crippen LogP contribution in [0.4, 0.5) is 0 Å². The third-order valence-corrected chi connectivity index (χ3v) is 3.67. The molecule has 0 saturated heterocycles. The molecule has 0 amide bonds. The second-order valence-corrected chi connectivity index (χ2v) is 5.92. The lowest BCUT2D eigenvalue weighted by Gasteiger charge is -2.25. The van der Waals surface area contributed by atoms with Gasteiger partial charge >= 0.3 is 0 Å². The molecule has 0 atom stereocenters. The molecule has 0 aliphatic heterocycles. The van der Waals surface area contributed by atoms with Gasteiger partial charge in [-0.05, 0) is 31.2 Å². The summed E-state index contributed by atoms with van der Waals surface area (Å²) in [4.78, 5) is 0. The van der Waals surface area contributed by atoms with E-state index in [1.807, 2.05) is 30.5 Å². The highest BCUT2D eigenvalue weighted by Gasteiger charge is 2.21. The van der Waals surface area contributed by atoms with Crippen LogP contribution in [0, 0.1) is 0 Å². The van der Waals surface area contributed by atoms with Crippen molar-refractivity contribution in [1.82, 2.24) is 15.1 Å². The number of halogens is 1. The van der Waals surface area contributed by atoms with Gasteiger partial charge in [-0.15, -0.1) is 0 Å². The van der Waals surface area contributed by atoms with Crippen molar-refractivity contribution in [2.45, 2.75) is 19.0 Å². The maximum atomic E-state index is 9.22. The van der Waals surface area contributed by atoms with Gasteiger partial charge in [-0.2, -0.15) is 5.10 Å². The van der Waals surface area contributed by atoms with E-state index in [0.29, 0.717) is 6.54 Å². The second-order valence-electron chi connectivity index (χ2n) is 5.00. The number of rotatable bonds is 6. The first-order chi connectivity index (χ1) is 9.56. The van der Waals surface area contributed by atoms with E-state index in [0.717, 1.165) is 15.7 Å². The monoisotopic (exact) mass is 339 g/mol. The Kier molecular flexibility index (Phi) is 4.93. The smallest absolute Gasteiger partial charge is 0.0646 e. The molecular formula is C14H18BrN3O2. The molecule has 0 aliphatic carbocycles. The Labute approximate surface area is 126 Å². The van der Waals surface area contributed by atoms with Gasteiger partial charge in [0.15, 0.2) is 0 Å². The van der Waals surface area contributed by atoms with Crippen molar-refractivity contribution in [1.29, 1.82) is 0 Å². The number of hydrogen-bond acceptors (Lipinski definition) is 4. The number of hydrogen-bond donors (Lipinski definition) is 3. The van der Waals surface area contributed by atoms with Crippen molar-refractivity contribution in [2.75, 3.05) is 13.2 Å². The molecule has 0 radical (unpaired) electrons. The zero-order valence-corrected chi connectivity index (χ0v) is 12.8. The molecule has 0 bridgehead atoms. The average Bonchev–Trinajstić information content (AvgIpc) is 2.94. The minimum absolute atomic E-state index is 0.121. The molecule has 1 aromatic heterocycles. The van der Waals surface area contributed by atoms with Crippen LogP contribution in [0.1, 0.15) is 12.5 Å². The molecule has 0 spiro atoms. The Morgan fingerprint density at radius 3 is 2.50 bits per heavy atom. The molecule has 20 heavy (non-hydrogen) atoms. The van der Waals surface area contributed by atoms with Crippen LogP contribution < -0.4 is 5.32 Å². The Balaban J connectivity index is 2.04. The molecule has 0 aliphatic rings. The highest BCUT2D eigenvalue weighted by atomic mass is 79.9. The van der Waals surface area contributed by atoms with Crippen molar-refractivity contribution in [3.05, 3.63) is 46.7 Å². The van der Waals surface area contributed by atoms with Crippen molar-refractivity contribution in [3.8, 4) is 5.69 Å². The molecular weight excluding hydrogens is 322 g/mol. The minimum atomic E-state index is -0.681. The van der Waals surface area contributed by atoms with Gasteiger partial charge in [-0.1, -0.05) is 15.9 Å². The quantitative estimate of drug-likeness (QED) is 0.745. The van der Waals surface area contributed by atoms with Gasteiger partial charge in [0, 0.05) is 22.8 Å². The van der Waals surface area contributed by atoms with Crippen LogP contribution in [0.3, 0.4) is 0 Å². The summed E-state index contributed by atoms with van der Waals surface area (Å²) in [7, 11) is 0. The number of nitrogens with one attached hydrogen (secondary N) is 1. The summed E-state index contributed by atoms with van der Waals surface area (Å²) >= 11 is 3.40. The number of aliphatic hydroxyl groups excluding tert-OH is 2. The summed E-state index contributed by atoms with van der Waals surface area (Å²) in [6, 6.07) is 7.87. The van der Waals surface area contributed by atoms with E-state index < -0.39 is 5.54 Å². The lowest BCUT2D eigenvalue weighted by Crippen LogP contribution is -2.48. The van der Waals surface area contributed by atoms with E-state index in [1.165, 1.54) is 0 Å². The highest BCUT2D eigenvalue weighted by Crippen LogP contribution is 2.14. The molecule has 108 valence electrons. The van der Waals surface area contributed by atoms with E-state index in [9.17, 15) is 10.2 Å². The predicted molar refractivity (Wildman–Crippen MR) is 80.7 cm³/mol. The normalized spacial score (nSPS) is 11.8. The van der Waals surface area contributed by atoms with Gasteiger partial charge in [0.2, 0.25) is 0 Å². The Bertz CT molecular complexity index is 550. The molecule has 5 nitrogen and oxygen atoms in total. The standard InChI is InChI=1S/C14H18BrN3O2/c1-14(9-19,10-20)16-6-11-7-17-18(8-11)13-4-2-12(15)3-5-13/h2-5,7-8,16,19-20H,6,9-10H2,1H3. The van der Waals surface area contributed by atoms with Crippen LogP contribution in [-0.4, -0.2) is 38.7 Å². The fraction of sp³-hybridized carbons (Fsp3) is 0.357. The number of aromatic nitrogens is 2. The van der Waals surface area contributed by atoms with Gasteiger partial charge in [0.1, 0.15) is 0 Å². The van der Waals surface area contributed by atoms with Gasteiger partial charge in [-0.25, -0.2) is 4.68 Å². The maximum Gasteiger partial charge on any atom is 0.0646 e.